The summed E-state index contributed by atoms with van der Waals surface area (Å²) >= 11 is 0. The molecule has 1 saturated carbocycles. The van der Waals surface area contributed by atoms with Gasteiger partial charge in [0.25, 0.3) is 0 Å². The molecular formula is C11H19NO3. The maximum Gasteiger partial charge on any atom is 0.308 e. The zero-order valence-corrected chi connectivity index (χ0v) is 9.19. The summed E-state index contributed by atoms with van der Waals surface area (Å²) in [6, 6.07) is 0.643. The van der Waals surface area contributed by atoms with Crippen LogP contribution >= 0.6 is 0 Å². The Labute approximate surface area is 90.2 Å². The molecule has 1 aliphatic heterocycles. The number of ether oxygens (including phenoxy) is 1. The molecule has 0 aromatic carbocycles. The van der Waals surface area contributed by atoms with Gasteiger partial charge in [0, 0.05) is 18.7 Å². The van der Waals surface area contributed by atoms with Crippen molar-refractivity contribution in [3.8, 4) is 0 Å². The lowest BCUT2D eigenvalue weighted by Crippen LogP contribution is -2.44. The molecule has 0 aromatic rings. The van der Waals surface area contributed by atoms with E-state index in [-0.39, 0.29) is 12.0 Å². The average Bonchev–Trinajstić information content (AvgIpc) is 2.88. The van der Waals surface area contributed by atoms with Gasteiger partial charge in [-0.15, -0.1) is 0 Å². The van der Waals surface area contributed by atoms with Crippen molar-refractivity contribution in [1.82, 2.24) is 4.90 Å². The van der Waals surface area contributed by atoms with Crippen LogP contribution in [0.4, 0.5) is 0 Å². The molecule has 3 unspecified atom stereocenters. The number of carboxylic acids is 1. The number of hydrogen-bond acceptors (Lipinski definition) is 3. The third kappa shape index (κ3) is 2.16. The Hall–Kier alpha value is -0.610. The lowest BCUT2D eigenvalue weighted by molar-refractivity contribution is -0.143. The fraction of sp³-hybridized carbons (Fsp3) is 0.909. The monoisotopic (exact) mass is 213 g/mol. The number of aliphatic carboxylic acids is 1. The molecule has 2 fully saturated rings. The van der Waals surface area contributed by atoms with E-state index < -0.39 is 5.97 Å². The van der Waals surface area contributed by atoms with Crippen LogP contribution in [0.25, 0.3) is 0 Å². The third-order valence-corrected chi connectivity index (χ3v) is 3.80. The van der Waals surface area contributed by atoms with Crippen molar-refractivity contribution in [3.63, 3.8) is 0 Å². The van der Waals surface area contributed by atoms with E-state index in [1.54, 1.807) is 0 Å². The standard InChI is InChI=1S/C11H19NO3/c1-12(8-5-6-15-7-8)10-4-2-3-9(10)11(13)14/h8-10H,2-7H2,1H3,(H,13,14). The average molecular weight is 213 g/mol. The number of carbonyl (C=O) groups is 1. The second-order valence-electron chi connectivity index (χ2n) is 4.63. The highest BCUT2D eigenvalue weighted by atomic mass is 16.5. The molecule has 2 aliphatic rings. The largest absolute Gasteiger partial charge is 0.481 e. The second-order valence-corrected chi connectivity index (χ2v) is 4.63. The van der Waals surface area contributed by atoms with Crippen molar-refractivity contribution in [2.24, 2.45) is 5.92 Å². The van der Waals surface area contributed by atoms with Gasteiger partial charge in [0.2, 0.25) is 0 Å². The SMILES string of the molecule is CN(C1CCOC1)C1CCCC1C(=O)O. The summed E-state index contributed by atoms with van der Waals surface area (Å²) in [4.78, 5) is 13.3. The van der Waals surface area contributed by atoms with Gasteiger partial charge in [-0.05, 0) is 26.3 Å². The van der Waals surface area contributed by atoms with Crippen LogP contribution in [0.1, 0.15) is 25.7 Å². The van der Waals surface area contributed by atoms with Crippen LogP contribution in [0.3, 0.4) is 0 Å². The first-order valence-corrected chi connectivity index (χ1v) is 5.72. The van der Waals surface area contributed by atoms with Gasteiger partial charge in [-0.1, -0.05) is 6.42 Å². The van der Waals surface area contributed by atoms with Gasteiger partial charge in [-0.2, -0.15) is 0 Å². The van der Waals surface area contributed by atoms with E-state index in [2.05, 4.69) is 4.90 Å². The quantitative estimate of drug-likeness (QED) is 0.758. The Kier molecular flexibility index (Phi) is 3.26. The van der Waals surface area contributed by atoms with Gasteiger partial charge >= 0.3 is 5.97 Å². The zero-order valence-electron chi connectivity index (χ0n) is 9.19. The highest BCUT2D eigenvalue weighted by Crippen LogP contribution is 2.31. The number of rotatable bonds is 3. The molecule has 1 aliphatic carbocycles. The predicted octanol–water partition coefficient (Wildman–Crippen LogP) is 0.960. The minimum atomic E-state index is -0.636. The van der Waals surface area contributed by atoms with Crippen molar-refractivity contribution in [3.05, 3.63) is 0 Å². The molecule has 1 heterocycles. The van der Waals surface area contributed by atoms with Crippen LogP contribution in [0.2, 0.25) is 0 Å². The molecule has 0 bridgehead atoms. The molecule has 1 N–H and O–H groups in total. The summed E-state index contributed by atoms with van der Waals surface area (Å²) in [7, 11) is 2.05. The lowest BCUT2D eigenvalue weighted by atomic mass is 10.0. The molecule has 0 spiro atoms. The molecule has 3 atom stereocenters. The summed E-state index contributed by atoms with van der Waals surface area (Å²) in [6.45, 7) is 1.58. The first-order chi connectivity index (χ1) is 7.20. The van der Waals surface area contributed by atoms with Crippen LogP contribution in [0.15, 0.2) is 0 Å². The number of nitrogens with zero attached hydrogens (tertiary/aromatic N) is 1. The first kappa shape index (κ1) is 10.9. The van der Waals surface area contributed by atoms with Crippen LogP contribution in [-0.4, -0.2) is 48.3 Å². The first-order valence-electron chi connectivity index (χ1n) is 5.72. The minimum absolute atomic E-state index is 0.171. The topological polar surface area (TPSA) is 49.8 Å². The summed E-state index contributed by atoms with van der Waals surface area (Å²) in [6.07, 6.45) is 3.93. The van der Waals surface area contributed by atoms with Gasteiger partial charge in [0.15, 0.2) is 0 Å². The fourth-order valence-corrected chi connectivity index (χ4v) is 2.83. The van der Waals surface area contributed by atoms with Crippen LogP contribution in [0, 0.1) is 5.92 Å². The number of likely N-dealkylation sites (N-methyl/N-ethyl adjacent to an activating group) is 1. The highest BCUT2D eigenvalue weighted by Gasteiger charge is 2.38. The summed E-state index contributed by atoms with van der Waals surface area (Å²) in [5.74, 6) is -0.807. The predicted molar refractivity (Wildman–Crippen MR) is 55.8 cm³/mol. The van der Waals surface area contributed by atoms with Gasteiger partial charge in [-0.25, -0.2) is 0 Å². The van der Waals surface area contributed by atoms with E-state index in [0.717, 1.165) is 38.9 Å². The van der Waals surface area contributed by atoms with E-state index in [1.165, 1.54) is 0 Å². The maximum absolute atomic E-state index is 11.1. The highest BCUT2D eigenvalue weighted by molar-refractivity contribution is 5.71. The zero-order chi connectivity index (χ0) is 10.8. The molecule has 0 amide bonds. The molecule has 15 heavy (non-hydrogen) atoms. The summed E-state index contributed by atoms with van der Waals surface area (Å²) < 4.78 is 5.34. The molecule has 2 rings (SSSR count). The van der Waals surface area contributed by atoms with Gasteiger partial charge in [0.1, 0.15) is 0 Å². The second kappa shape index (κ2) is 4.49. The molecule has 0 radical (unpaired) electrons. The van der Waals surface area contributed by atoms with Gasteiger partial charge < -0.3 is 9.84 Å². The van der Waals surface area contributed by atoms with Gasteiger partial charge in [0.05, 0.1) is 12.5 Å². The van der Waals surface area contributed by atoms with Crippen molar-refractivity contribution in [2.75, 3.05) is 20.3 Å². The van der Waals surface area contributed by atoms with E-state index >= 15 is 0 Å². The van der Waals surface area contributed by atoms with Crippen LogP contribution in [-0.2, 0) is 9.53 Å². The third-order valence-electron chi connectivity index (χ3n) is 3.80. The smallest absolute Gasteiger partial charge is 0.308 e. The fourth-order valence-electron chi connectivity index (χ4n) is 2.83. The molecule has 1 saturated heterocycles. The Bertz CT molecular complexity index is 238. The van der Waals surface area contributed by atoms with Crippen LogP contribution < -0.4 is 0 Å². The maximum atomic E-state index is 11.1. The molecule has 86 valence electrons. The Balaban J connectivity index is 1.98. The molecule has 4 heteroatoms. The number of carboxylic acid groups (broad SMARTS) is 1. The Morgan fingerprint density at radius 1 is 1.40 bits per heavy atom. The molecule has 0 aromatic heterocycles. The van der Waals surface area contributed by atoms with Crippen molar-refractivity contribution in [2.45, 2.75) is 37.8 Å². The Morgan fingerprint density at radius 2 is 2.20 bits per heavy atom. The Morgan fingerprint density at radius 3 is 2.80 bits per heavy atom. The normalized spacial score (nSPS) is 36.3. The minimum Gasteiger partial charge on any atom is -0.481 e. The van der Waals surface area contributed by atoms with E-state index in [4.69, 9.17) is 9.84 Å². The van der Waals surface area contributed by atoms with Gasteiger partial charge in [-0.3, -0.25) is 9.69 Å². The van der Waals surface area contributed by atoms with E-state index in [1.807, 2.05) is 7.05 Å². The molecular weight excluding hydrogens is 194 g/mol. The summed E-state index contributed by atoms with van der Waals surface area (Å²) in [5.41, 5.74) is 0. The van der Waals surface area contributed by atoms with Crippen molar-refractivity contribution >= 4 is 5.97 Å². The van der Waals surface area contributed by atoms with Crippen molar-refractivity contribution < 1.29 is 14.6 Å². The molecule has 4 nitrogen and oxygen atoms in total. The van der Waals surface area contributed by atoms with Crippen molar-refractivity contribution in [1.29, 1.82) is 0 Å². The van der Waals surface area contributed by atoms with E-state index in [0.29, 0.717) is 6.04 Å². The van der Waals surface area contributed by atoms with Crippen LogP contribution in [0.5, 0.6) is 0 Å². The van der Waals surface area contributed by atoms with E-state index in [9.17, 15) is 4.79 Å². The number of hydrogen-bond donors (Lipinski definition) is 1. The summed E-state index contributed by atoms with van der Waals surface area (Å²) in [5, 5.41) is 9.12. The lowest BCUT2D eigenvalue weighted by Gasteiger charge is -2.32.